The first-order valence-corrected chi connectivity index (χ1v) is 8.46. The molecule has 0 radical (unpaired) electrons. The molecule has 1 atom stereocenters. The fraction of sp³-hybridized carbons (Fsp3) is 0.421. The van der Waals surface area contributed by atoms with Crippen LogP contribution in [0.5, 0.6) is 0 Å². The zero-order valence-electron chi connectivity index (χ0n) is 14.4. The van der Waals surface area contributed by atoms with Gasteiger partial charge in [0.15, 0.2) is 5.82 Å². The van der Waals surface area contributed by atoms with E-state index in [0.717, 1.165) is 24.8 Å². The Labute approximate surface area is 145 Å². The average molecular weight is 343 g/mol. The number of aromatic amines is 1. The van der Waals surface area contributed by atoms with Crippen LogP contribution in [0.25, 0.3) is 0 Å². The lowest BCUT2D eigenvalue weighted by molar-refractivity contribution is 0.0915. The van der Waals surface area contributed by atoms with E-state index in [1.54, 1.807) is 19.1 Å². The Morgan fingerprint density at radius 2 is 2.04 bits per heavy atom. The van der Waals surface area contributed by atoms with E-state index >= 15 is 0 Å². The van der Waals surface area contributed by atoms with Crippen LogP contribution in [-0.2, 0) is 6.42 Å². The monoisotopic (exact) mass is 343 g/mol. The number of nitrogens with zero attached hydrogens (tertiary/aromatic N) is 1. The van der Waals surface area contributed by atoms with Gasteiger partial charge in [0.2, 0.25) is 0 Å². The molecule has 1 aliphatic rings. The summed E-state index contributed by atoms with van der Waals surface area (Å²) in [5.74, 6) is -0.0823. The number of nitrogens with one attached hydrogen (secondary N) is 2. The van der Waals surface area contributed by atoms with Crippen molar-refractivity contribution in [3.05, 3.63) is 63.6 Å². The molecule has 0 saturated heterocycles. The third-order valence-electron chi connectivity index (χ3n) is 4.93. The van der Waals surface area contributed by atoms with E-state index in [1.165, 1.54) is 18.3 Å². The number of carbonyl (C=O) groups excluding carboxylic acids is 1. The normalized spacial score (nSPS) is 16.3. The van der Waals surface area contributed by atoms with Gasteiger partial charge in [0.05, 0.1) is 0 Å². The van der Waals surface area contributed by atoms with E-state index in [4.69, 9.17) is 0 Å². The number of hydrogen-bond donors (Lipinski definition) is 2. The van der Waals surface area contributed by atoms with Crippen molar-refractivity contribution in [1.82, 2.24) is 15.3 Å². The van der Waals surface area contributed by atoms with Crippen LogP contribution in [0.15, 0.2) is 35.3 Å². The Morgan fingerprint density at radius 3 is 2.64 bits per heavy atom. The van der Waals surface area contributed by atoms with E-state index in [2.05, 4.69) is 22.2 Å². The number of aryl methyl sites for hydroxylation is 1. The average Bonchev–Trinajstić information content (AvgIpc) is 3.43. The Balaban J connectivity index is 1.69. The quantitative estimate of drug-likeness (QED) is 0.847. The van der Waals surface area contributed by atoms with Gasteiger partial charge in [-0.3, -0.25) is 9.59 Å². The Bertz CT molecular complexity index is 827. The molecule has 0 bridgehead atoms. The maximum atomic E-state index is 13.1. The lowest BCUT2D eigenvalue weighted by Crippen LogP contribution is -2.39. The largest absolute Gasteiger partial charge is 0.349 e. The molecule has 1 aliphatic carbocycles. The molecule has 5 nitrogen and oxygen atoms in total. The van der Waals surface area contributed by atoms with Gasteiger partial charge in [0, 0.05) is 18.3 Å². The summed E-state index contributed by atoms with van der Waals surface area (Å²) in [6, 6.07) is 6.50. The Hall–Kier alpha value is -2.50. The van der Waals surface area contributed by atoms with Gasteiger partial charge >= 0.3 is 0 Å². The summed E-state index contributed by atoms with van der Waals surface area (Å²) in [6.07, 6.45) is 4.42. The van der Waals surface area contributed by atoms with Crippen LogP contribution in [0, 0.1) is 24.1 Å². The zero-order chi connectivity index (χ0) is 18.0. The minimum absolute atomic E-state index is 0.0236. The third kappa shape index (κ3) is 4.13. The summed E-state index contributed by atoms with van der Waals surface area (Å²) >= 11 is 0. The number of benzene rings is 1. The van der Waals surface area contributed by atoms with Crippen LogP contribution in [0.1, 0.15) is 41.5 Å². The van der Waals surface area contributed by atoms with E-state index < -0.39 is 0 Å². The van der Waals surface area contributed by atoms with Crippen molar-refractivity contribution in [2.24, 2.45) is 11.3 Å². The van der Waals surface area contributed by atoms with Gasteiger partial charge in [0.1, 0.15) is 5.82 Å². The minimum Gasteiger partial charge on any atom is -0.349 e. The first-order valence-electron chi connectivity index (χ1n) is 8.46. The van der Waals surface area contributed by atoms with Crippen LogP contribution in [0.4, 0.5) is 4.39 Å². The molecular weight excluding hydrogens is 321 g/mol. The summed E-state index contributed by atoms with van der Waals surface area (Å²) in [7, 11) is 0. The summed E-state index contributed by atoms with van der Waals surface area (Å²) in [5.41, 5.74) is 1.09. The molecule has 1 heterocycles. The number of rotatable bonds is 6. The van der Waals surface area contributed by atoms with Crippen LogP contribution in [0.2, 0.25) is 0 Å². The number of amides is 1. The van der Waals surface area contributed by atoms with E-state index in [0.29, 0.717) is 18.0 Å². The topological polar surface area (TPSA) is 74.8 Å². The van der Waals surface area contributed by atoms with Gasteiger partial charge in [-0.1, -0.05) is 19.1 Å². The predicted octanol–water partition coefficient (Wildman–Crippen LogP) is 2.61. The molecule has 25 heavy (non-hydrogen) atoms. The molecule has 3 rings (SSSR count). The fourth-order valence-electron chi connectivity index (χ4n) is 3.14. The second kappa shape index (κ2) is 6.78. The van der Waals surface area contributed by atoms with Crippen molar-refractivity contribution in [3.63, 3.8) is 0 Å². The summed E-state index contributed by atoms with van der Waals surface area (Å²) in [6.45, 7) is 4.26. The highest BCUT2D eigenvalue weighted by Gasteiger charge is 2.41. The second-order valence-corrected chi connectivity index (χ2v) is 7.16. The highest BCUT2D eigenvalue weighted by Crippen LogP contribution is 2.47. The molecule has 1 amide bonds. The van der Waals surface area contributed by atoms with E-state index in [1.807, 2.05) is 0 Å². The number of hydrogen-bond acceptors (Lipinski definition) is 3. The van der Waals surface area contributed by atoms with Crippen molar-refractivity contribution in [3.8, 4) is 0 Å². The Morgan fingerprint density at radius 1 is 1.36 bits per heavy atom. The van der Waals surface area contributed by atoms with Crippen molar-refractivity contribution in [2.45, 2.75) is 33.1 Å². The molecule has 0 spiro atoms. The van der Waals surface area contributed by atoms with Gasteiger partial charge in [-0.25, -0.2) is 9.37 Å². The molecule has 1 saturated carbocycles. The van der Waals surface area contributed by atoms with Gasteiger partial charge in [-0.05, 0) is 55.2 Å². The van der Waals surface area contributed by atoms with Crippen LogP contribution >= 0.6 is 0 Å². The molecule has 6 heteroatoms. The third-order valence-corrected chi connectivity index (χ3v) is 4.93. The molecule has 1 unspecified atom stereocenters. The molecule has 0 aliphatic heterocycles. The number of halogens is 1. The van der Waals surface area contributed by atoms with Crippen molar-refractivity contribution in [2.75, 3.05) is 6.54 Å². The smallest absolute Gasteiger partial charge is 0.287 e. The number of aromatic nitrogens is 2. The van der Waals surface area contributed by atoms with Gasteiger partial charge in [-0.2, -0.15) is 0 Å². The van der Waals surface area contributed by atoms with Crippen LogP contribution in [0.3, 0.4) is 0 Å². The lowest BCUT2D eigenvalue weighted by Gasteiger charge is -2.30. The highest BCUT2D eigenvalue weighted by molar-refractivity contribution is 5.90. The number of H-pyrrole nitrogens is 1. The lowest BCUT2D eigenvalue weighted by atomic mass is 9.79. The maximum absolute atomic E-state index is 13.1. The van der Waals surface area contributed by atoms with E-state index in [-0.39, 0.29) is 28.5 Å². The maximum Gasteiger partial charge on any atom is 0.287 e. The van der Waals surface area contributed by atoms with Gasteiger partial charge in [-0.15, -0.1) is 0 Å². The molecule has 132 valence electrons. The molecule has 1 fully saturated rings. The van der Waals surface area contributed by atoms with Crippen LogP contribution in [-0.4, -0.2) is 22.4 Å². The van der Waals surface area contributed by atoms with Gasteiger partial charge in [0.25, 0.3) is 11.5 Å². The zero-order valence-corrected chi connectivity index (χ0v) is 14.4. The first kappa shape index (κ1) is 17.3. The molecule has 2 N–H and O–H groups in total. The van der Waals surface area contributed by atoms with Crippen molar-refractivity contribution in [1.29, 1.82) is 0 Å². The first-order chi connectivity index (χ1) is 11.9. The molecular formula is C19H22FN3O2. The number of carbonyl (C=O) groups is 1. The SMILES string of the molecule is Cc1cnc(C(=O)NCC(C)(Cc2ccc(F)cc2)C2CC2)[nH]c1=O. The molecule has 2 aromatic rings. The van der Waals surface area contributed by atoms with Crippen molar-refractivity contribution >= 4 is 5.91 Å². The van der Waals surface area contributed by atoms with Crippen molar-refractivity contribution < 1.29 is 9.18 Å². The highest BCUT2D eigenvalue weighted by atomic mass is 19.1. The van der Waals surface area contributed by atoms with E-state index in [9.17, 15) is 14.0 Å². The minimum atomic E-state index is -0.386. The summed E-state index contributed by atoms with van der Waals surface area (Å²) < 4.78 is 13.1. The van der Waals surface area contributed by atoms with Crippen LogP contribution < -0.4 is 10.9 Å². The Kier molecular flexibility index (Phi) is 4.70. The second-order valence-electron chi connectivity index (χ2n) is 7.16. The van der Waals surface area contributed by atoms with Gasteiger partial charge < -0.3 is 10.3 Å². The summed E-state index contributed by atoms with van der Waals surface area (Å²) in [4.78, 5) is 30.4. The fourth-order valence-corrected chi connectivity index (χ4v) is 3.14. The summed E-state index contributed by atoms with van der Waals surface area (Å²) in [5, 5.41) is 2.89. The molecule has 1 aromatic heterocycles. The molecule has 1 aromatic carbocycles. The standard InChI is InChI=1S/C19H22FN3O2/c1-12-10-21-16(23-17(12)24)18(25)22-11-19(2,14-5-6-14)9-13-3-7-15(20)8-4-13/h3-4,7-8,10,14H,5-6,9,11H2,1-2H3,(H,22,25)(H,21,23,24). The predicted molar refractivity (Wildman–Crippen MR) is 92.9 cm³/mol.